The summed E-state index contributed by atoms with van der Waals surface area (Å²) in [6.07, 6.45) is 1.20. The first kappa shape index (κ1) is 15.2. The lowest BCUT2D eigenvalue weighted by molar-refractivity contribution is 0.322. The van der Waals surface area contributed by atoms with Crippen LogP contribution in [0.2, 0.25) is 0 Å². The summed E-state index contributed by atoms with van der Waals surface area (Å²) >= 11 is 0. The molecule has 0 saturated carbocycles. The van der Waals surface area contributed by atoms with Crippen LogP contribution < -0.4 is 0 Å². The molecule has 78 valence electrons. The molecule has 0 unspecified atom stereocenters. The Morgan fingerprint density at radius 3 is 1.69 bits per heavy atom. The molecule has 0 aliphatic carbocycles. The molecule has 0 aliphatic rings. The summed E-state index contributed by atoms with van der Waals surface area (Å²) in [6, 6.07) is 0. The van der Waals surface area contributed by atoms with Gasteiger partial charge in [0, 0.05) is 13.1 Å². The molecule has 0 atom stereocenters. The second-order valence-corrected chi connectivity index (χ2v) is 3.62. The zero-order valence-corrected chi connectivity index (χ0v) is 9.91. The maximum Gasteiger partial charge on any atom is 0.0190 e. The van der Waals surface area contributed by atoms with E-state index in [-0.39, 0.29) is 12.4 Å². The minimum atomic E-state index is 0. The summed E-state index contributed by atoms with van der Waals surface area (Å²) in [4.78, 5) is 2.38. The Hall–Kier alpha value is -0.270. The lowest BCUT2D eigenvalue weighted by atomic mass is 10.2. The van der Waals surface area contributed by atoms with Crippen molar-refractivity contribution in [3.8, 4) is 0 Å². The molecule has 0 spiro atoms. The van der Waals surface area contributed by atoms with Crippen molar-refractivity contribution in [2.24, 2.45) is 0 Å². The maximum atomic E-state index is 3.91. The number of hydrogen-bond donors (Lipinski definition) is 0. The number of nitrogens with zero attached hydrogens (tertiary/aromatic N) is 1. The van der Waals surface area contributed by atoms with Gasteiger partial charge in [-0.05, 0) is 26.8 Å². The van der Waals surface area contributed by atoms with Crippen LogP contribution in [0.3, 0.4) is 0 Å². The molecule has 13 heavy (non-hydrogen) atoms. The summed E-state index contributed by atoms with van der Waals surface area (Å²) in [5.74, 6) is 0. The number of rotatable bonds is 6. The first-order valence-electron chi connectivity index (χ1n) is 4.57. The first-order chi connectivity index (χ1) is 5.56. The summed E-state index contributed by atoms with van der Waals surface area (Å²) in [5, 5.41) is 0. The molecule has 0 aromatic carbocycles. The fourth-order valence-electron chi connectivity index (χ4n) is 1.29. The highest BCUT2D eigenvalue weighted by Crippen LogP contribution is 2.01. The molecular formula is C11H22ClN. The third kappa shape index (κ3) is 9.65. The summed E-state index contributed by atoms with van der Waals surface area (Å²) < 4.78 is 0. The maximum absolute atomic E-state index is 3.91. The van der Waals surface area contributed by atoms with Gasteiger partial charge in [0.15, 0.2) is 0 Å². The van der Waals surface area contributed by atoms with Gasteiger partial charge in [-0.1, -0.05) is 31.2 Å². The predicted molar refractivity (Wildman–Crippen MR) is 63.6 cm³/mol. The van der Waals surface area contributed by atoms with E-state index in [0.717, 1.165) is 19.6 Å². The summed E-state index contributed by atoms with van der Waals surface area (Å²) in [6.45, 7) is 17.3. The van der Waals surface area contributed by atoms with Crippen molar-refractivity contribution in [1.82, 2.24) is 4.90 Å². The van der Waals surface area contributed by atoms with Gasteiger partial charge in [-0.2, -0.15) is 0 Å². The number of hydrogen-bond acceptors (Lipinski definition) is 1. The van der Waals surface area contributed by atoms with Crippen molar-refractivity contribution in [1.29, 1.82) is 0 Å². The summed E-state index contributed by atoms with van der Waals surface area (Å²) in [5.41, 5.74) is 2.45. The SMILES string of the molecule is C=C(C)CN(CCC)CC(=C)C.Cl. The molecule has 0 N–H and O–H groups in total. The van der Waals surface area contributed by atoms with Crippen molar-refractivity contribution < 1.29 is 0 Å². The van der Waals surface area contributed by atoms with Gasteiger partial charge in [0.25, 0.3) is 0 Å². The quantitative estimate of drug-likeness (QED) is 0.599. The second-order valence-electron chi connectivity index (χ2n) is 3.62. The van der Waals surface area contributed by atoms with E-state index in [9.17, 15) is 0 Å². The van der Waals surface area contributed by atoms with Gasteiger partial charge in [0.2, 0.25) is 0 Å². The van der Waals surface area contributed by atoms with Crippen LogP contribution in [-0.2, 0) is 0 Å². The minimum Gasteiger partial charge on any atom is -0.296 e. The van der Waals surface area contributed by atoms with E-state index in [2.05, 4.69) is 38.8 Å². The summed E-state index contributed by atoms with van der Waals surface area (Å²) in [7, 11) is 0. The van der Waals surface area contributed by atoms with Crippen molar-refractivity contribution in [3.05, 3.63) is 24.3 Å². The van der Waals surface area contributed by atoms with E-state index < -0.39 is 0 Å². The smallest absolute Gasteiger partial charge is 0.0190 e. The first-order valence-corrected chi connectivity index (χ1v) is 4.57. The third-order valence-electron chi connectivity index (χ3n) is 1.53. The Bertz CT molecular complexity index is 147. The van der Waals surface area contributed by atoms with E-state index in [0.29, 0.717) is 0 Å². The molecule has 0 rings (SSSR count). The third-order valence-corrected chi connectivity index (χ3v) is 1.53. The standard InChI is InChI=1S/C11H21N.ClH/c1-6-7-12(8-10(2)3)9-11(4)5;/h2,4,6-9H2,1,3,5H3;1H. The Balaban J connectivity index is 0. The van der Waals surface area contributed by atoms with Crippen molar-refractivity contribution in [3.63, 3.8) is 0 Å². The van der Waals surface area contributed by atoms with Crippen molar-refractivity contribution in [2.75, 3.05) is 19.6 Å². The molecule has 0 heterocycles. The van der Waals surface area contributed by atoms with Crippen LogP contribution in [0, 0.1) is 0 Å². The Labute approximate surface area is 88.9 Å². The van der Waals surface area contributed by atoms with Crippen LogP contribution in [0.15, 0.2) is 24.3 Å². The van der Waals surface area contributed by atoms with E-state index in [1.807, 2.05) is 0 Å². The van der Waals surface area contributed by atoms with Gasteiger partial charge in [-0.15, -0.1) is 12.4 Å². The van der Waals surface area contributed by atoms with Gasteiger partial charge >= 0.3 is 0 Å². The fourth-order valence-corrected chi connectivity index (χ4v) is 1.29. The Morgan fingerprint density at radius 1 is 1.08 bits per heavy atom. The largest absolute Gasteiger partial charge is 0.296 e. The van der Waals surface area contributed by atoms with E-state index in [1.54, 1.807) is 0 Å². The number of halogens is 1. The van der Waals surface area contributed by atoms with Crippen LogP contribution in [0.25, 0.3) is 0 Å². The molecule has 0 saturated heterocycles. The van der Waals surface area contributed by atoms with Gasteiger partial charge < -0.3 is 0 Å². The Kier molecular flexibility index (Phi) is 9.75. The van der Waals surface area contributed by atoms with Crippen molar-refractivity contribution in [2.45, 2.75) is 27.2 Å². The van der Waals surface area contributed by atoms with Crippen LogP contribution in [0.4, 0.5) is 0 Å². The molecular weight excluding hydrogens is 182 g/mol. The molecule has 0 aliphatic heterocycles. The molecule has 0 bridgehead atoms. The van der Waals surface area contributed by atoms with Gasteiger partial charge in [-0.25, -0.2) is 0 Å². The van der Waals surface area contributed by atoms with Gasteiger partial charge in [-0.3, -0.25) is 4.90 Å². The highest BCUT2D eigenvalue weighted by molar-refractivity contribution is 5.85. The van der Waals surface area contributed by atoms with E-state index in [1.165, 1.54) is 17.6 Å². The molecule has 0 aromatic rings. The monoisotopic (exact) mass is 203 g/mol. The highest BCUT2D eigenvalue weighted by Gasteiger charge is 2.02. The molecule has 1 nitrogen and oxygen atoms in total. The molecule has 0 aromatic heterocycles. The van der Waals surface area contributed by atoms with Crippen molar-refractivity contribution >= 4 is 12.4 Å². The molecule has 0 fully saturated rings. The normalized spacial score (nSPS) is 9.54. The van der Waals surface area contributed by atoms with Crippen LogP contribution in [0.5, 0.6) is 0 Å². The minimum absolute atomic E-state index is 0. The molecule has 0 radical (unpaired) electrons. The fraction of sp³-hybridized carbons (Fsp3) is 0.636. The predicted octanol–water partition coefficient (Wildman–Crippen LogP) is 3.27. The molecule has 2 heteroatoms. The second kappa shape index (κ2) is 8.33. The Morgan fingerprint density at radius 2 is 1.46 bits per heavy atom. The van der Waals surface area contributed by atoms with Crippen LogP contribution in [0.1, 0.15) is 27.2 Å². The zero-order valence-electron chi connectivity index (χ0n) is 9.10. The van der Waals surface area contributed by atoms with E-state index >= 15 is 0 Å². The lowest BCUT2D eigenvalue weighted by Gasteiger charge is -2.21. The highest BCUT2D eigenvalue weighted by atomic mass is 35.5. The lowest BCUT2D eigenvalue weighted by Crippen LogP contribution is -2.27. The van der Waals surface area contributed by atoms with Crippen LogP contribution in [-0.4, -0.2) is 24.5 Å². The zero-order chi connectivity index (χ0) is 9.56. The van der Waals surface area contributed by atoms with Gasteiger partial charge in [0.05, 0.1) is 0 Å². The molecule has 0 amide bonds. The average molecular weight is 204 g/mol. The van der Waals surface area contributed by atoms with E-state index in [4.69, 9.17) is 0 Å². The average Bonchev–Trinajstić information content (AvgIpc) is 1.84. The topological polar surface area (TPSA) is 3.24 Å². The van der Waals surface area contributed by atoms with Crippen LogP contribution >= 0.6 is 12.4 Å². The van der Waals surface area contributed by atoms with Gasteiger partial charge in [0.1, 0.15) is 0 Å².